The Labute approximate surface area is 122 Å². The van der Waals surface area contributed by atoms with Gasteiger partial charge in [-0.2, -0.15) is 0 Å². The van der Waals surface area contributed by atoms with Crippen LogP contribution >= 0.6 is 0 Å². The number of nitrogens with zero attached hydrogens (tertiary/aromatic N) is 4. The lowest BCUT2D eigenvalue weighted by Gasteiger charge is -1.79. The van der Waals surface area contributed by atoms with Gasteiger partial charge in [0.2, 0.25) is 0 Å². The van der Waals surface area contributed by atoms with E-state index in [0.29, 0.717) is 6.23 Å². The first-order chi connectivity index (χ1) is 10.2. The molecule has 0 fully saturated rings. The van der Waals surface area contributed by atoms with Crippen LogP contribution in [-0.4, -0.2) is 62.1 Å². The van der Waals surface area contributed by atoms with Crippen molar-refractivity contribution in [2.24, 2.45) is 20.6 Å². The van der Waals surface area contributed by atoms with Crippen molar-refractivity contribution in [2.75, 3.05) is 27.6 Å². The molecule has 0 aromatic heterocycles. The van der Waals surface area contributed by atoms with Crippen LogP contribution in [0.15, 0.2) is 20.6 Å². The quantitative estimate of drug-likeness (QED) is 0.249. The van der Waals surface area contributed by atoms with Gasteiger partial charge in [-0.15, -0.1) is 0 Å². The summed E-state index contributed by atoms with van der Waals surface area (Å²) in [7, 11) is 4.76. The molecule has 0 unspecified atom stereocenters. The molecule has 0 aromatic carbocycles. The summed E-state index contributed by atoms with van der Waals surface area (Å²) >= 11 is 0. The monoisotopic (exact) mass is 322 g/mol. The van der Waals surface area contributed by atoms with Crippen LogP contribution in [0.2, 0.25) is 0 Å². The van der Waals surface area contributed by atoms with Gasteiger partial charge in [0.1, 0.15) is 21.3 Å². The fraction of sp³-hybridized carbons (Fsp3) is 0.500. The predicted molar refractivity (Wildman–Crippen MR) is 69.4 cm³/mol. The highest BCUT2D eigenvalue weighted by molar-refractivity contribution is 6.08. The molecule has 0 heterocycles. The second-order valence-electron chi connectivity index (χ2n) is 1.70. The second kappa shape index (κ2) is 43.6. The number of isocyanates is 4. The summed E-state index contributed by atoms with van der Waals surface area (Å²) in [5.41, 5.74) is 0. The van der Waals surface area contributed by atoms with Gasteiger partial charge in [0.05, 0.1) is 16.5 Å². The van der Waals surface area contributed by atoms with Gasteiger partial charge in [0.25, 0.3) is 24.3 Å². The van der Waals surface area contributed by atoms with E-state index in [1.807, 2.05) is 0 Å². The van der Waals surface area contributed by atoms with Gasteiger partial charge in [-0.3, -0.25) is 0 Å². The van der Waals surface area contributed by atoms with Gasteiger partial charge in [0, 0.05) is 20.6 Å². The van der Waals surface area contributed by atoms with E-state index in [0.717, 1.165) is 10.2 Å². The van der Waals surface area contributed by atoms with E-state index in [9.17, 15) is 0 Å². The van der Waals surface area contributed by atoms with E-state index in [4.69, 9.17) is 19.2 Å². The molecule has 118 valence electrons. The number of hydrogen-bond donors (Lipinski definition) is 0. The summed E-state index contributed by atoms with van der Waals surface area (Å²) in [6, 6.07) is 0. The van der Waals surface area contributed by atoms with Crippen molar-refractivity contribution in [3.05, 3.63) is 0 Å². The molecule has 0 rings (SSSR count). The van der Waals surface area contributed by atoms with E-state index in [1.54, 1.807) is 0 Å². The Bertz CT molecular complexity index is 339. The minimum atomic E-state index is 0.565. The fourth-order valence-corrected chi connectivity index (χ4v) is 0.332. The van der Waals surface area contributed by atoms with E-state index >= 15 is 0 Å². The number of rotatable bonds is 5. The molecule has 0 N–H and O–H groups in total. The van der Waals surface area contributed by atoms with E-state index < -0.39 is 0 Å². The smallest absolute Gasteiger partial charge is 0.276 e. The summed E-state index contributed by atoms with van der Waals surface area (Å²) < 4.78 is 0. The third kappa shape index (κ3) is 107. The van der Waals surface area contributed by atoms with Crippen LogP contribution in [-0.2, 0) is 38.5 Å². The largest absolute Gasteiger partial charge is 0.391 e. The minimum absolute atomic E-state index is 0.565. The molecule has 0 aliphatic carbocycles. The highest BCUT2D eigenvalue weighted by atomic mass is 28.1. The number of carbonyl (C=O) groups excluding carboxylic acids is 4. The van der Waals surface area contributed by atoms with Gasteiger partial charge >= 0.3 is 0 Å². The predicted octanol–water partition coefficient (Wildman–Crippen LogP) is -1.77. The maximum Gasteiger partial charge on any atom is 0.276 e. The molecule has 0 saturated heterocycles. The summed E-state index contributed by atoms with van der Waals surface area (Å²) in [6.07, 6.45) is 5.32. The molecular formula is C8H14N4O8Si. The standard InChI is InChI=1S/C2H5NO2Si.3C2H3NO2/c4-1-3-5-2-6;3*1-5-3-2-4/h2H2,6H3;3*1H3. The van der Waals surface area contributed by atoms with Gasteiger partial charge in [-0.1, -0.05) is 0 Å². The molecule has 13 heteroatoms. The van der Waals surface area contributed by atoms with Crippen molar-refractivity contribution in [1.29, 1.82) is 0 Å². The average Bonchev–Trinajstić information content (AvgIpc) is 2.49. The zero-order valence-corrected chi connectivity index (χ0v) is 13.8. The van der Waals surface area contributed by atoms with Gasteiger partial charge in [0.15, 0.2) is 0 Å². The van der Waals surface area contributed by atoms with Gasteiger partial charge in [-0.05, 0) is 0 Å². The van der Waals surface area contributed by atoms with E-state index in [-0.39, 0.29) is 0 Å². The first-order valence-corrected chi connectivity index (χ1v) is 6.08. The van der Waals surface area contributed by atoms with Crippen molar-refractivity contribution >= 4 is 34.6 Å². The van der Waals surface area contributed by atoms with E-state index in [2.05, 4.69) is 40.0 Å². The molecule has 0 saturated carbocycles. The maximum atomic E-state index is 9.16. The van der Waals surface area contributed by atoms with Crippen molar-refractivity contribution in [3.8, 4) is 0 Å². The highest BCUT2D eigenvalue weighted by Gasteiger charge is 1.62. The molecule has 0 amide bonds. The van der Waals surface area contributed by atoms with Crippen molar-refractivity contribution in [3.63, 3.8) is 0 Å². The molecule has 0 bridgehead atoms. The second-order valence-corrected chi connectivity index (χ2v) is 2.27. The molecule has 0 atom stereocenters. The first kappa shape index (κ1) is 26.5. The highest BCUT2D eigenvalue weighted by Crippen LogP contribution is 1.61. The van der Waals surface area contributed by atoms with E-state index in [1.165, 1.54) is 45.6 Å². The van der Waals surface area contributed by atoms with Crippen LogP contribution in [0.4, 0.5) is 0 Å². The molecule has 0 spiro atoms. The topological polar surface area (TPSA) is 155 Å². The first-order valence-electron chi connectivity index (χ1n) is 4.66. The molecule has 0 aliphatic heterocycles. The summed E-state index contributed by atoms with van der Waals surface area (Å²) in [5, 5.41) is 10.8. The lowest BCUT2D eigenvalue weighted by molar-refractivity contribution is 0.191. The third-order valence-electron chi connectivity index (χ3n) is 0.617. The van der Waals surface area contributed by atoms with Crippen molar-refractivity contribution < 1.29 is 38.5 Å². The molecule has 0 radical (unpaired) electrons. The third-order valence-corrected chi connectivity index (χ3v) is 0.875. The van der Waals surface area contributed by atoms with Crippen LogP contribution in [0.1, 0.15) is 0 Å². The zero-order valence-electron chi connectivity index (χ0n) is 11.8. The minimum Gasteiger partial charge on any atom is -0.391 e. The molecule has 0 aliphatic rings. The zero-order chi connectivity index (χ0) is 17.2. The number of hydrogen-bond acceptors (Lipinski definition) is 12. The summed E-state index contributed by atoms with van der Waals surface area (Å²) in [4.78, 5) is 52.0. The lowest BCUT2D eigenvalue weighted by Crippen LogP contribution is -1.81. The Balaban J connectivity index is -0.0000000921. The average molecular weight is 322 g/mol. The Morgan fingerprint density at radius 1 is 0.714 bits per heavy atom. The van der Waals surface area contributed by atoms with Crippen LogP contribution in [0.3, 0.4) is 0 Å². The molecule has 0 aromatic rings. The Hall–Kier alpha value is -3.06. The summed E-state index contributed by atoms with van der Waals surface area (Å²) in [5.74, 6) is 0. The van der Waals surface area contributed by atoms with Crippen LogP contribution in [0.5, 0.6) is 0 Å². The molecular weight excluding hydrogens is 308 g/mol. The Morgan fingerprint density at radius 2 is 1.00 bits per heavy atom. The van der Waals surface area contributed by atoms with Crippen LogP contribution in [0.25, 0.3) is 0 Å². The Morgan fingerprint density at radius 3 is 1.05 bits per heavy atom. The van der Waals surface area contributed by atoms with Crippen molar-refractivity contribution in [1.82, 2.24) is 0 Å². The SMILES string of the molecule is CON=C=O.CON=C=O.CON=C=O.O=C=NOC[SiH3]. The van der Waals surface area contributed by atoms with Crippen molar-refractivity contribution in [2.45, 2.75) is 0 Å². The Kier molecular flexibility index (Phi) is 55.0. The molecule has 21 heavy (non-hydrogen) atoms. The van der Waals surface area contributed by atoms with Crippen LogP contribution < -0.4 is 0 Å². The summed E-state index contributed by atoms with van der Waals surface area (Å²) in [6.45, 7) is 0. The van der Waals surface area contributed by atoms with Gasteiger partial charge in [-0.25, -0.2) is 19.2 Å². The normalized spacial score (nSPS) is 5.48. The van der Waals surface area contributed by atoms with Crippen LogP contribution in [0, 0.1) is 0 Å². The molecule has 12 nitrogen and oxygen atoms in total. The lowest BCUT2D eigenvalue weighted by atomic mass is 11.6. The van der Waals surface area contributed by atoms with Gasteiger partial charge < -0.3 is 19.4 Å². The fourth-order valence-electron chi connectivity index (χ4n) is 0.203. The maximum absolute atomic E-state index is 9.16.